The van der Waals surface area contributed by atoms with Gasteiger partial charge in [0, 0.05) is 17.7 Å². The van der Waals surface area contributed by atoms with Crippen LogP contribution in [-0.2, 0) is 6.42 Å². The topological polar surface area (TPSA) is 12.4 Å². The normalized spacial score (nSPS) is 18.1. The van der Waals surface area contributed by atoms with Crippen LogP contribution < -0.4 is 0 Å². The Morgan fingerprint density at radius 2 is 1.70 bits per heavy atom. The Kier molecular flexibility index (Phi) is 3.83. The Labute approximate surface area is 120 Å². The van der Waals surface area contributed by atoms with Crippen molar-refractivity contribution >= 4 is 16.8 Å². The summed E-state index contributed by atoms with van der Waals surface area (Å²) < 4.78 is 27.3. The van der Waals surface area contributed by atoms with E-state index in [0.29, 0.717) is 23.3 Å². The predicted molar refractivity (Wildman–Crippen MR) is 79.1 cm³/mol. The van der Waals surface area contributed by atoms with Crippen molar-refractivity contribution in [2.45, 2.75) is 12.5 Å². The van der Waals surface area contributed by atoms with Crippen molar-refractivity contribution < 1.29 is 8.78 Å². The fourth-order valence-corrected chi connectivity index (χ4v) is 3.29. The van der Waals surface area contributed by atoms with E-state index in [1.807, 2.05) is 12.1 Å². The van der Waals surface area contributed by atoms with E-state index in [0.717, 1.165) is 5.04 Å². The van der Waals surface area contributed by atoms with E-state index in [-0.39, 0.29) is 17.7 Å². The van der Waals surface area contributed by atoms with Crippen LogP contribution in [0.3, 0.4) is 0 Å². The maximum atomic E-state index is 13.7. The Bertz CT molecular complexity index is 654. The third kappa shape index (κ3) is 2.75. The number of thioether (sulfide) groups is 1. The molecule has 0 saturated carbocycles. The molecule has 2 aromatic carbocycles. The van der Waals surface area contributed by atoms with Gasteiger partial charge in [-0.05, 0) is 17.7 Å². The molecule has 20 heavy (non-hydrogen) atoms. The molecule has 0 radical (unpaired) electrons. The smallest absolute Gasteiger partial charge is 0.128 e. The highest BCUT2D eigenvalue weighted by molar-refractivity contribution is 8.14. The van der Waals surface area contributed by atoms with Gasteiger partial charge < -0.3 is 0 Å². The molecule has 0 fully saturated rings. The van der Waals surface area contributed by atoms with Crippen LogP contribution in [0.5, 0.6) is 0 Å². The summed E-state index contributed by atoms with van der Waals surface area (Å²) in [6.07, 6.45) is 0.474. The molecule has 0 spiro atoms. The molecule has 1 atom stereocenters. The number of aliphatic imine (C=N–C) groups is 1. The summed E-state index contributed by atoms with van der Waals surface area (Å²) in [4.78, 5) is 4.53. The van der Waals surface area contributed by atoms with Crippen molar-refractivity contribution in [1.82, 2.24) is 0 Å². The number of benzene rings is 2. The molecule has 1 heterocycles. The highest BCUT2D eigenvalue weighted by atomic mass is 32.2. The Balaban J connectivity index is 1.79. The fourth-order valence-electron chi connectivity index (χ4n) is 2.23. The Hall–Kier alpha value is -1.68. The van der Waals surface area contributed by atoms with Gasteiger partial charge in [-0.2, -0.15) is 0 Å². The second-order valence-electron chi connectivity index (χ2n) is 4.64. The van der Waals surface area contributed by atoms with Gasteiger partial charge in [-0.3, -0.25) is 4.99 Å². The first-order valence-electron chi connectivity index (χ1n) is 6.41. The quantitative estimate of drug-likeness (QED) is 0.816. The molecule has 1 nitrogen and oxygen atoms in total. The lowest BCUT2D eigenvalue weighted by atomic mass is 10.1. The van der Waals surface area contributed by atoms with Gasteiger partial charge >= 0.3 is 0 Å². The largest absolute Gasteiger partial charge is 0.273 e. The molecular weight excluding hydrogens is 276 g/mol. The number of hydrogen-bond donors (Lipinski definition) is 0. The summed E-state index contributed by atoms with van der Waals surface area (Å²) in [5.41, 5.74) is 1.25. The lowest BCUT2D eigenvalue weighted by molar-refractivity contribution is 0.597. The first-order chi connectivity index (χ1) is 9.74. The Morgan fingerprint density at radius 1 is 1.00 bits per heavy atom. The molecule has 1 unspecified atom stereocenters. The summed E-state index contributed by atoms with van der Waals surface area (Å²) >= 11 is 1.57. The summed E-state index contributed by atoms with van der Waals surface area (Å²) in [6, 6.07) is 13.2. The first-order valence-corrected chi connectivity index (χ1v) is 7.40. The maximum absolute atomic E-state index is 13.7. The minimum absolute atomic E-state index is 0.164. The van der Waals surface area contributed by atoms with Crippen molar-refractivity contribution in [2.75, 3.05) is 5.75 Å². The first kappa shape index (κ1) is 13.3. The minimum Gasteiger partial charge on any atom is -0.273 e. The number of halogens is 2. The molecular formula is C16H13F2NS. The van der Waals surface area contributed by atoms with Gasteiger partial charge in [0.25, 0.3) is 0 Å². The van der Waals surface area contributed by atoms with Gasteiger partial charge in [-0.15, -0.1) is 11.8 Å². The molecule has 0 bridgehead atoms. The van der Waals surface area contributed by atoms with Gasteiger partial charge in [0.2, 0.25) is 0 Å². The van der Waals surface area contributed by atoms with E-state index in [2.05, 4.69) is 4.99 Å². The van der Waals surface area contributed by atoms with Gasteiger partial charge in [0.15, 0.2) is 0 Å². The SMILES string of the molecule is Fc1ccccc1CC1=NC(c2ccccc2F)CS1. The molecule has 4 heteroatoms. The average molecular weight is 289 g/mol. The monoisotopic (exact) mass is 289 g/mol. The standard InChI is InChI=1S/C16H13F2NS/c17-13-7-3-1-5-11(13)9-16-19-15(10-20-16)12-6-2-4-8-14(12)18/h1-8,15H,9-10H2. The highest BCUT2D eigenvalue weighted by Crippen LogP contribution is 2.33. The lowest BCUT2D eigenvalue weighted by Gasteiger charge is -2.06. The molecule has 0 N–H and O–H groups in total. The molecule has 0 saturated heterocycles. The summed E-state index contributed by atoms with van der Waals surface area (Å²) in [6.45, 7) is 0. The van der Waals surface area contributed by atoms with Crippen molar-refractivity contribution in [3.8, 4) is 0 Å². The molecule has 0 amide bonds. The third-order valence-electron chi connectivity index (χ3n) is 3.27. The molecule has 1 aliphatic rings. The number of nitrogens with zero attached hydrogens (tertiary/aromatic N) is 1. The van der Waals surface area contributed by atoms with Gasteiger partial charge in [-0.25, -0.2) is 8.78 Å². The molecule has 0 aromatic heterocycles. The van der Waals surface area contributed by atoms with Crippen LogP contribution in [0.25, 0.3) is 0 Å². The van der Waals surface area contributed by atoms with Crippen LogP contribution in [0.4, 0.5) is 8.78 Å². The molecule has 1 aliphatic heterocycles. The van der Waals surface area contributed by atoms with Crippen LogP contribution in [-0.4, -0.2) is 10.8 Å². The fraction of sp³-hybridized carbons (Fsp3) is 0.188. The summed E-state index contributed by atoms with van der Waals surface area (Å²) in [5.74, 6) is 0.268. The molecule has 0 aliphatic carbocycles. The van der Waals surface area contributed by atoms with E-state index in [4.69, 9.17) is 0 Å². The summed E-state index contributed by atoms with van der Waals surface area (Å²) in [7, 11) is 0. The van der Waals surface area contributed by atoms with Crippen molar-refractivity contribution in [3.05, 3.63) is 71.3 Å². The average Bonchev–Trinajstić information content (AvgIpc) is 2.90. The maximum Gasteiger partial charge on any atom is 0.128 e. The Morgan fingerprint density at radius 3 is 2.45 bits per heavy atom. The van der Waals surface area contributed by atoms with E-state index >= 15 is 0 Å². The zero-order chi connectivity index (χ0) is 13.9. The third-order valence-corrected chi connectivity index (χ3v) is 4.34. The second kappa shape index (κ2) is 5.75. The van der Waals surface area contributed by atoms with Gasteiger partial charge in [0.1, 0.15) is 11.6 Å². The zero-order valence-corrected chi connectivity index (χ0v) is 11.5. The van der Waals surface area contributed by atoms with Gasteiger partial charge in [-0.1, -0.05) is 36.4 Å². The second-order valence-corrected chi connectivity index (χ2v) is 5.73. The zero-order valence-electron chi connectivity index (χ0n) is 10.7. The van der Waals surface area contributed by atoms with E-state index in [1.165, 1.54) is 12.1 Å². The van der Waals surface area contributed by atoms with Crippen LogP contribution in [0.15, 0.2) is 53.5 Å². The molecule has 2 aromatic rings. The highest BCUT2D eigenvalue weighted by Gasteiger charge is 2.22. The van der Waals surface area contributed by atoms with Crippen molar-refractivity contribution in [1.29, 1.82) is 0 Å². The minimum atomic E-state index is -0.228. The van der Waals surface area contributed by atoms with Crippen LogP contribution in [0.1, 0.15) is 17.2 Å². The van der Waals surface area contributed by atoms with Crippen molar-refractivity contribution in [2.24, 2.45) is 4.99 Å². The van der Waals surface area contributed by atoms with Crippen molar-refractivity contribution in [3.63, 3.8) is 0 Å². The number of rotatable bonds is 3. The van der Waals surface area contributed by atoms with Crippen LogP contribution in [0, 0.1) is 11.6 Å². The van der Waals surface area contributed by atoms with E-state index < -0.39 is 0 Å². The van der Waals surface area contributed by atoms with Gasteiger partial charge in [0.05, 0.1) is 11.1 Å². The van der Waals surface area contributed by atoms with E-state index in [1.54, 1.807) is 36.0 Å². The lowest BCUT2D eigenvalue weighted by Crippen LogP contribution is -1.98. The molecule has 3 rings (SSSR count). The van der Waals surface area contributed by atoms with Crippen LogP contribution in [0.2, 0.25) is 0 Å². The number of hydrogen-bond acceptors (Lipinski definition) is 2. The summed E-state index contributed by atoms with van der Waals surface area (Å²) in [5, 5.41) is 0.864. The van der Waals surface area contributed by atoms with E-state index in [9.17, 15) is 8.78 Å². The predicted octanol–water partition coefficient (Wildman–Crippen LogP) is 4.39. The molecule has 102 valence electrons. The van der Waals surface area contributed by atoms with Crippen LogP contribution >= 0.6 is 11.8 Å².